The Morgan fingerprint density at radius 1 is 1.29 bits per heavy atom. The zero-order valence-corrected chi connectivity index (χ0v) is 11.0. The van der Waals surface area contributed by atoms with Crippen LogP contribution in [0, 0.1) is 5.41 Å². The third-order valence-electron chi connectivity index (χ3n) is 3.30. The number of hydrogen-bond acceptors (Lipinski definition) is 2. The van der Waals surface area contributed by atoms with Gasteiger partial charge in [0.2, 0.25) is 0 Å². The summed E-state index contributed by atoms with van der Waals surface area (Å²) in [5.41, 5.74) is 0.513. The van der Waals surface area contributed by atoms with Crippen LogP contribution in [0.1, 0.15) is 45.6 Å². The monoisotopic (exact) mass is 232 g/mol. The molecule has 0 bridgehead atoms. The Labute approximate surface area is 103 Å². The molecule has 1 aromatic rings. The zero-order valence-electron chi connectivity index (χ0n) is 11.0. The van der Waals surface area contributed by atoms with Crippen LogP contribution < -0.4 is 0 Å². The standard InChI is InChI=1S/C15H20O2/c1-14(2,3)17-13(16)15(4)10-12(15)11-8-6-5-7-9-11/h5-9,12H,10H2,1-4H3/t12-,15+/m0/s1. The first-order valence-corrected chi connectivity index (χ1v) is 6.11. The summed E-state index contributed by atoms with van der Waals surface area (Å²) in [7, 11) is 0. The van der Waals surface area contributed by atoms with Crippen LogP contribution in [0.15, 0.2) is 30.3 Å². The average molecular weight is 232 g/mol. The van der Waals surface area contributed by atoms with Crippen molar-refractivity contribution >= 4 is 5.97 Å². The van der Waals surface area contributed by atoms with E-state index in [1.165, 1.54) is 5.56 Å². The lowest BCUT2D eigenvalue weighted by molar-refractivity contribution is -0.161. The fraction of sp³-hybridized carbons (Fsp3) is 0.533. The maximum Gasteiger partial charge on any atom is 0.312 e. The zero-order chi connectivity index (χ0) is 12.7. The van der Waals surface area contributed by atoms with Crippen LogP contribution in [0.25, 0.3) is 0 Å². The average Bonchev–Trinajstić information content (AvgIpc) is 2.91. The SMILES string of the molecule is CC(C)(C)OC(=O)[C@]1(C)C[C@H]1c1ccccc1. The molecule has 0 radical (unpaired) electrons. The van der Waals surface area contributed by atoms with Gasteiger partial charge in [-0.1, -0.05) is 30.3 Å². The molecule has 2 rings (SSSR count). The number of ether oxygens (including phenoxy) is 1. The molecule has 2 heteroatoms. The minimum Gasteiger partial charge on any atom is -0.460 e. The van der Waals surface area contributed by atoms with E-state index in [-0.39, 0.29) is 11.4 Å². The Morgan fingerprint density at radius 2 is 1.88 bits per heavy atom. The summed E-state index contributed by atoms with van der Waals surface area (Å²) < 4.78 is 5.48. The molecule has 0 heterocycles. The molecular weight excluding hydrogens is 212 g/mol. The molecule has 0 aliphatic heterocycles. The summed E-state index contributed by atoms with van der Waals surface area (Å²) in [6, 6.07) is 10.2. The number of benzene rings is 1. The highest BCUT2D eigenvalue weighted by atomic mass is 16.6. The molecule has 17 heavy (non-hydrogen) atoms. The lowest BCUT2D eigenvalue weighted by Gasteiger charge is -2.22. The van der Waals surface area contributed by atoms with E-state index in [1.807, 2.05) is 45.9 Å². The van der Waals surface area contributed by atoms with Gasteiger partial charge >= 0.3 is 5.97 Å². The summed E-state index contributed by atoms with van der Waals surface area (Å²) in [5.74, 6) is 0.248. The first kappa shape index (κ1) is 12.2. The van der Waals surface area contributed by atoms with Crippen LogP contribution in [0.4, 0.5) is 0 Å². The third-order valence-corrected chi connectivity index (χ3v) is 3.30. The fourth-order valence-electron chi connectivity index (χ4n) is 2.16. The summed E-state index contributed by atoms with van der Waals surface area (Å²) in [5, 5.41) is 0. The smallest absolute Gasteiger partial charge is 0.312 e. The van der Waals surface area contributed by atoms with Crippen LogP contribution in [0.3, 0.4) is 0 Å². The fourth-order valence-corrected chi connectivity index (χ4v) is 2.16. The highest BCUT2D eigenvalue weighted by molar-refractivity contribution is 5.82. The molecule has 0 aromatic heterocycles. The van der Waals surface area contributed by atoms with Crippen LogP contribution in [0.2, 0.25) is 0 Å². The topological polar surface area (TPSA) is 26.3 Å². The van der Waals surface area contributed by atoms with Crippen molar-refractivity contribution in [1.29, 1.82) is 0 Å². The van der Waals surface area contributed by atoms with Gasteiger partial charge in [0.1, 0.15) is 5.60 Å². The van der Waals surface area contributed by atoms with Crippen molar-refractivity contribution in [1.82, 2.24) is 0 Å². The summed E-state index contributed by atoms with van der Waals surface area (Å²) in [4.78, 5) is 12.1. The molecule has 1 aliphatic rings. The van der Waals surface area contributed by atoms with Crippen molar-refractivity contribution in [2.24, 2.45) is 5.41 Å². The number of carbonyl (C=O) groups excluding carboxylic acids is 1. The Balaban J connectivity index is 2.07. The summed E-state index contributed by atoms with van der Waals surface area (Å²) in [6.07, 6.45) is 0.895. The molecule has 0 unspecified atom stereocenters. The Morgan fingerprint density at radius 3 is 2.41 bits per heavy atom. The molecule has 0 N–H and O–H groups in total. The molecule has 2 atom stereocenters. The van der Waals surface area contributed by atoms with Crippen LogP contribution in [0.5, 0.6) is 0 Å². The molecule has 0 spiro atoms. The van der Waals surface area contributed by atoms with E-state index in [1.54, 1.807) is 0 Å². The van der Waals surface area contributed by atoms with Gasteiger partial charge in [-0.2, -0.15) is 0 Å². The molecule has 2 nitrogen and oxygen atoms in total. The quantitative estimate of drug-likeness (QED) is 0.729. The normalized spacial score (nSPS) is 27.6. The van der Waals surface area contributed by atoms with E-state index in [4.69, 9.17) is 4.74 Å². The highest BCUT2D eigenvalue weighted by Crippen LogP contribution is 2.59. The second-order valence-electron chi connectivity index (χ2n) is 6.09. The number of rotatable bonds is 2. The van der Waals surface area contributed by atoms with Gasteiger partial charge in [-0.05, 0) is 39.7 Å². The Bertz CT molecular complexity index is 416. The number of carbonyl (C=O) groups is 1. The minimum atomic E-state index is -0.399. The number of esters is 1. The van der Waals surface area contributed by atoms with E-state index in [0.29, 0.717) is 5.92 Å². The van der Waals surface area contributed by atoms with E-state index >= 15 is 0 Å². The second-order valence-corrected chi connectivity index (χ2v) is 6.09. The molecule has 1 fully saturated rings. The van der Waals surface area contributed by atoms with Crippen molar-refractivity contribution in [2.75, 3.05) is 0 Å². The lowest BCUT2D eigenvalue weighted by atomic mass is 10.0. The first-order valence-electron chi connectivity index (χ1n) is 6.11. The molecule has 0 saturated heterocycles. The van der Waals surface area contributed by atoms with Crippen molar-refractivity contribution in [3.05, 3.63) is 35.9 Å². The van der Waals surface area contributed by atoms with E-state index in [9.17, 15) is 4.79 Å². The first-order chi connectivity index (χ1) is 7.83. The maximum absolute atomic E-state index is 12.1. The minimum absolute atomic E-state index is 0.0705. The second kappa shape index (κ2) is 3.86. The van der Waals surface area contributed by atoms with Gasteiger partial charge in [-0.3, -0.25) is 4.79 Å². The van der Waals surface area contributed by atoms with E-state index < -0.39 is 5.60 Å². The van der Waals surface area contributed by atoms with Gasteiger partial charge in [0.25, 0.3) is 0 Å². The molecular formula is C15H20O2. The van der Waals surface area contributed by atoms with Gasteiger partial charge in [-0.25, -0.2) is 0 Å². The molecule has 1 aliphatic carbocycles. The third kappa shape index (κ3) is 2.51. The maximum atomic E-state index is 12.1. The van der Waals surface area contributed by atoms with E-state index in [0.717, 1.165) is 6.42 Å². The van der Waals surface area contributed by atoms with Crippen molar-refractivity contribution in [3.8, 4) is 0 Å². The van der Waals surface area contributed by atoms with Crippen molar-refractivity contribution < 1.29 is 9.53 Å². The molecule has 92 valence electrons. The molecule has 1 saturated carbocycles. The van der Waals surface area contributed by atoms with Crippen LogP contribution in [-0.2, 0) is 9.53 Å². The predicted octanol–water partition coefficient (Wildman–Crippen LogP) is 3.52. The molecule has 1 aromatic carbocycles. The highest BCUT2D eigenvalue weighted by Gasteiger charge is 2.58. The summed E-state index contributed by atoms with van der Waals surface area (Å²) in [6.45, 7) is 7.73. The van der Waals surface area contributed by atoms with Gasteiger partial charge in [0, 0.05) is 5.92 Å². The summed E-state index contributed by atoms with van der Waals surface area (Å²) >= 11 is 0. The van der Waals surface area contributed by atoms with Gasteiger partial charge in [0.05, 0.1) is 5.41 Å². The largest absolute Gasteiger partial charge is 0.460 e. The lowest BCUT2D eigenvalue weighted by Crippen LogP contribution is -2.29. The molecule has 0 amide bonds. The van der Waals surface area contributed by atoms with Crippen LogP contribution in [-0.4, -0.2) is 11.6 Å². The van der Waals surface area contributed by atoms with Crippen molar-refractivity contribution in [2.45, 2.75) is 45.6 Å². The Hall–Kier alpha value is -1.31. The van der Waals surface area contributed by atoms with Crippen molar-refractivity contribution in [3.63, 3.8) is 0 Å². The van der Waals surface area contributed by atoms with E-state index in [2.05, 4.69) is 12.1 Å². The predicted molar refractivity (Wildman–Crippen MR) is 67.8 cm³/mol. The van der Waals surface area contributed by atoms with Crippen LogP contribution >= 0.6 is 0 Å². The van der Waals surface area contributed by atoms with Gasteiger partial charge in [0.15, 0.2) is 0 Å². The number of hydrogen-bond donors (Lipinski definition) is 0. The Kier molecular flexibility index (Phi) is 2.76. The van der Waals surface area contributed by atoms with Gasteiger partial charge in [-0.15, -0.1) is 0 Å². The van der Waals surface area contributed by atoms with Gasteiger partial charge < -0.3 is 4.74 Å².